The van der Waals surface area contributed by atoms with Gasteiger partial charge in [-0.05, 0) is 270 Å². The highest BCUT2D eigenvalue weighted by molar-refractivity contribution is 6.31. The van der Waals surface area contributed by atoms with Crippen LogP contribution in [0.1, 0.15) is 245 Å². The predicted octanol–water partition coefficient (Wildman–Crippen LogP) is 21.4. The van der Waals surface area contributed by atoms with E-state index in [1.165, 1.54) is 138 Å². The maximum atomic E-state index is 14.2. The molecule has 6 unspecified atom stereocenters. The molecule has 6 aromatic heterocycles. The van der Waals surface area contributed by atoms with Crippen molar-refractivity contribution in [1.29, 1.82) is 0 Å². The van der Waals surface area contributed by atoms with Gasteiger partial charge in [0.05, 0.1) is 25.8 Å². The van der Waals surface area contributed by atoms with Crippen molar-refractivity contribution in [2.24, 2.45) is 11.8 Å². The lowest BCUT2D eigenvalue weighted by atomic mass is 9.78. The Morgan fingerprint density at radius 2 is 0.680 bits per heavy atom. The SMILES string of the molecule is CC(C)(F)c1nc(N)nc(NC(CCCc2ccccc2)C2CC2)n1.CC(C)(F)c1nc(N)nc(NC(CCc2ccccc2)C2CCC2)n1.CC(COc1cccc(Cl)c1)Nc1nc(N)nc(C(C)(C)F)n1.CCC(CCOc1ccc(F)c(C)c1)Nc1nc(N)nc(C(C)(C)F)n1.CCC(CCc1ccccc1)Nc1nc(N)nc(C(C)(C)F)n1.COc1cc(Cl)cc(OCC(C)Nc2nc(N)nc(C(C)(C)F)n2)c1. The van der Waals surface area contributed by atoms with Crippen LogP contribution in [0.15, 0.2) is 152 Å². The van der Waals surface area contributed by atoms with Gasteiger partial charge in [-0.15, -0.1) is 0 Å². The number of alkyl halides is 6. The fourth-order valence-corrected chi connectivity index (χ4v) is 14.8. The molecule has 2 aliphatic carbocycles. The number of halogens is 9. The molecule has 6 aromatic carbocycles. The minimum Gasteiger partial charge on any atom is -0.497 e. The van der Waals surface area contributed by atoms with E-state index in [2.05, 4.69) is 189 Å². The molecule has 43 heteroatoms. The first-order valence-corrected chi connectivity index (χ1v) is 49.8. The molecule has 794 valence electrons. The number of nitrogens with two attached hydrogens (primary N) is 6. The van der Waals surface area contributed by atoms with Gasteiger partial charge in [0, 0.05) is 46.7 Å². The molecule has 12 aromatic rings. The highest BCUT2D eigenvalue weighted by Crippen LogP contribution is 2.39. The van der Waals surface area contributed by atoms with Gasteiger partial charge in [-0.3, -0.25) is 0 Å². The topological polar surface area (TPSA) is 497 Å². The van der Waals surface area contributed by atoms with Crippen molar-refractivity contribution in [3.05, 3.63) is 225 Å². The van der Waals surface area contributed by atoms with Crippen LogP contribution >= 0.6 is 23.2 Å². The number of hydrogen-bond acceptors (Lipinski definition) is 34. The van der Waals surface area contributed by atoms with E-state index in [1.54, 1.807) is 62.6 Å². The van der Waals surface area contributed by atoms with Gasteiger partial charge in [-0.25, -0.2) is 30.7 Å². The predicted molar refractivity (Wildman–Crippen MR) is 567 cm³/mol. The number of benzene rings is 6. The average Bonchev–Trinajstić information content (AvgIpc) is 1.26. The number of nitrogen functional groups attached to an aromatic ring is 6. The van der Waals surface area contributed by atoms with Gasteiger partial charge in [0.2, 0.25) is 71.4 Å². The summed E-state index contributed by atoms with van der Waals surface area (Å²) in [6.07, 6.45) is 15.5. The van der Waals surface area contributed by atoms with E-state index in [0.29, 0.717) is 101 Å². The van der Waals surface area contributed by atoms with Crippen molar-refractivity contribution in [1.82, 2.24) is 89.7 Å². The molecule has 6 heterocycles. The van der Waals surface area contributed by atoms with Crippen molar-refractivity contribution in [2.45, 2.75) is 284 Å². The van der Waals surface area contributed by atoms with E-state index in [9.17, 15) is 30.7 Å². The van der Waals surface area contributed by atoms with Gasteiger partial charge < -0.3 is 85.3 Å². The smallest absolute Gasteiger partial charge is 0.228 e. The van der Waals surface area contributed by atoms with Crippen molar-refractivity contribution in [2.75, 3.05) is 93.2 Å². The molecule has 6 atom stereocenters. The summed E-state index contributed by atoms with van der Waals surface area (Å²) in [6, 6.07) is 48.5. The van der Waals surface area contributed by atoms with Crippen LogP contribution in [-0.4, -0.2) is 153 Å². The Kier molecular flexibility index (Phi) is 43.4. The van der Waals surface area contributed by atoms with Gasteiger partial charge in [-0.1, -0.05) is 141 Å². The summed E-state index contributed by atoms with van der Waals surface area (Å²) in [5.41, 5.74) is 28.4. The average molecular weight is 2080 g/mol. The third-order valence-corrected chi connectivity index (χ3v) is 23.3. The summed E-state index contributed by atoms with van der Waals surface area (Å²) in [7, 11) is 1.55. The first kappa shape index (κ1) is 117. The Hall–Kier alpha value is -13.7. The van der Waals surface area contributed by atoms with Crippen LogP contribution in [0.3, 0.4) is 0 Å². The van der Waals surface area contributed by atoms with Crippen molar-refractivity contribution >= 4 is 94.6 Å². The molecule has 0 radical (unpaired) electrons. The molecule has 0 aliphatic heterocycles. The molecule has 0 spiro atoms. The normalized spacial score (nSPS) is 13.8. The fourth-order valence-electron chi connectivity index (χ4n) is 14.4. The molecule has 0 amide bonds. The van der Waals surface area contributed by atoms with E-state index >= 15 is 0 Å². The number of ether oxygens (including phenoxy) is 4. The van der Waals surface area contributed by atoms with Crippen LogP contribution in [0, 0.1) is 24.6 Å². The van der Waals surface area contributed by atoms with E-state index in [1.807, 2.05) is 57.2 Å². The Balaban J connectivity index is 0.000000196. The monoisotopic (exact) mass is 2080 g/mol. The molecule has 2 fully saturated rings. The molecular weight excluding hydrogens is 1940 g/mol. The van der Waals surface area contributed by atoms with Crippen LogP contribution in [0.4, 0.5) is 102 Å². The Morgan fingerprint density at radius 3 is 1.03 bits per heavy atom. The Labute approximate surface area is 866 Å². The zero-order valence-electron chi connectivity index (χ0n) is 86.8. The standard InChI is InChI=1S/2C19H26FN5.C18H25F2N5O.C17H24FN5.C16H21ClFN5O2.C15H19ClFN5O/c1-19(2,20)16-23-17(21)25-18(24-16)22-15(14-9-6-10-14)12-11-13-7-4-3-5-8-13;1-19(2,20)16-23-17(21)25-18(24-16)22-15(14-11-12-14)10-6-9-13-7-4-3-5-8-13;1-5-12(8-9-26-13-6-7-14(19)11(2)10-13)22-17-24-15(18(3,4)20)23-16(21)25-17;1-4-13(11-10-12-8-6-5-7-9-12)20-16-22-14(17(2,3)18)21-15(19)23-16;1-9(8-25-12-6-10(17)5-11(7-12)24-4)20-15-22-13(16(2,3)18)21-14(19)23-15;1-9(8-23-11-6-4-5-10(16)7-11)19-14-21-12(15(2,3)17)20-13(18)22-14/h2*3-5,7-8,14-15H,6,9-12H2,1-2H3,(H3,21,22,23,24,25);6-7,10,12H,5,8-9H2,1-4H3,(H3,21,22,23,24,25);5-9,13H,4,10-11H2,1-3H3,(H3,19,20,21,22,23);5-7,9H,8H2,1-4H3,(H3,19,20,21,22,23);4-7,9H,8H2,1-3H3,(H3,18,19,20,21,22). The van der Waals surface area contributed by atoms with Crippen LogP contribution in [-0.2, 0) is 53.3 Å². The van der Waals surface area contributed by atoms with Crippen molar-refractivity contribution < 1.29 is 49.7 Å². The molecule has 2 aliphatic rings. The Bertz CT molecular complexity index is 6070. The summed E-state index contributed by atoms with van der Waals surface area (Å²) in [6.45, 7) is 27.2. The molecule has 18 N–H and O–H groups in total. The minimum absolute atomic E-state index is 0.00826. The second-order valence-corrected chi connectivity index (χ2v) is 39.8. The molecule has 34 nitrogen and oxygen atoms in total. The van der Waals surface area contributed by atoms with E-state index in [0.717, 1.165) is 57.8 Å². The van der Waals surface area contributed by atoms with Gasteiger partial charge in [0.15, 0.2) is 69.0 Å². The van der Waals surface area contributed by atoms with Gasteiger partial charge in [-0.2, -0.15) is 89.7 Å². The number of hydrogen-bond donors (Lipinski definition) is 12. The number of methoxy groups -OCH3 is 1. The fraction of sp³-hybridized carbons (Fsp3) is 0.481. The largest absolute Gasteiger partial charge is 0.497 e. The molecule has 0 bridgehead atoms. The third-order valence-electron chi connectivity index (χ3n) is 22.8. The highest BCUT2D eigenvalue weighted by Gasteiger charge is 2.35. The summed E-state index contributed by atoms with van der Waals surface area (Å²) in [5.74, 6) is 5.27. The second kappa shape index (κ2) is 54.6. The van der Waals surface area contributed by atoms with E-state index in [4.69, 9.17) is 76.6 Å². The molecule has 14 rings (SSSR count). The lowest BCUT2D eigenvalue weighted by Gasteiger charge is -2.34. The summed E-state index contributed by atoms with van der Waals surface area (Å²) < 4.78 is 120. The van der Waals surface area contributed by atoms with Crippen molar-refractivity contribution in [3.63, 3.8) is 0 Å². The first-order chi connectivity index (χ1) is 69.3. The maximum absolute atomic E-state index is 14.2. The number of rotatable bonds is 43. The molecule has 0 saturated heterocycles. The lowest BCUT2D eigenvalue weighted by Crippen LogP contribution is -2.35. The van der Waals surface area contributed by atoms with Gasteiger partial charge >= 0.3 is 0 Å². The minimum atomic E-state index is -1.72. The van der Waals surface area contributed by atoms with E-state index in [-0.39, 0.29) is 125 Å². The number of aromatic nitrogens is 18. The van der Waals surface area contributed by atoms with E-state index < -0.39 is 34.0 Å². The summed E-state index contributed by atoms with van der Waals surface area (Å²) in [4.78, 5) is 72.3. The summed E-state index contributed by atoms with van der Waals surface area (Å²) >= 11 is 11.9. The van der Waals surface area contributed by atoms with Crippen LogP contribution in [0.2, 0.25) is 10.0 Å². The number of aryl methyl sites for hydroxylation is 4. The molecular formula is C104H141Cl2F7N30O4. The van der Waals surface area contributed by atoms with Crippen molar-refractivity contribution in [3.8, 4) is 23.0 Å². The number of nitrogens with zero attached hydrogens (tertiary/aromatic N) is 18. The molecule has 2 saturated carbocycles. The van der Waals surface area contributed by atoms with Gasteiger partial charge in [0.25, 0.3) is 0 Å². The third kappa shape index (κ3) is 41.6. The number of nitrogens with one attached hydrogen (secondary N) is 6. The first-order valence-electron chi connectivity index (χ1n) is 49.0. The maximum Gasteiger partial charge on any atom is 0.228 e. The zero-order valence-corrected chi connectivity index (χ0v) is 88.3. The van der Waals surface area contributed by atoms with Crippen LogP contribution < -0.4 is 85.3 Å². The number of anilines is 12. The Morgan fingerprint density at radius 1 is 0.347 bits per heavy atom. The second-order valence-electron chi connectivity index (χ2n) is 38.9. The quantitative estimate of drug-likeness (QED) is 0.0158. The van der Waals surface area contributed by atoms with Gasteiger partial charge in [0.1, 0.15) is 42.0 Å². The molecule has 147 heavy (non-hydrogen) atoms. The summed E-state index contributed by atoms with van der Waals surface area (Å²) in [5, 5.41) is 20.3. The van der Waals surface area contributed by atoms with Crippen LogP contribution in [0.25, 0.3) is 0 Å². The zero-order chi connectivity index (χ0) is 108. The van der Waals surface area contributed by atoms with Crippen LogP contribution in [0.5, 0.6) is 23.0 Å². The highest BCUT2D eigenvalue weighted by atomic mass is 35.5. The lowest BCUT2D eigenvalue weighted by molar-refractivity contribution is 0.206.